The third-order valence-corrected chi connectivity index (χ3v) is 4.86. The lowest BCUT2D eigenvalue weighted by Crippen LogP contribution is -2.31. The Balaban J connectivity index is 2.26. The Labute approximate surface area is 116 Å². The Kier molecular flexibility index (Phi) is 4.07. The molecule has 1 N–H and O–H groups in total. The van der Waals surface area contributed by atoms with E-state index >= 15 is 0 Å². The quantitative estimate of drug-likeness (QED) is 0.675. The van der Waals surface area contributed by atoms with Crippen LogP contribution in [0.1, 0.15) is 24.3 Å². The molecule has 1 unspecified atom stereocenters. The molecule has 0 amide bonds. The van der Waals surface area contributed by atoms with Gasteiger partial charge in [-0.2, -0.15) is 0 Å². The first kappa shape index (κ1) is 14.2. The molecule has 0 radical (unpaired) electrons. The smallest absolute Gasteiger partial charge is 0.304 e. The minimum atomic E-state index is -0.662. The minimum absolute atomic E-state index is 0.111. The number of rotatable bonds is 4. The van der Waals surface area contributed by atoms with Crippen LogP contribution in [-0.4, -0.2) is 48.2 Å². The van der Waals surface area contributed by atoms with Crippen LogP contribution in [0.4, 0.5) is 10.7 Å². The minimum Gasteiger partial charge on any atom is -0.388 e. The second-order valence-electron chi connectivity index (χ2n) is 5.12. The Morgan fingerprint density at radius 3 is 2.79 bits per heavy atom. The van der Waals surface area contributed by atoms with E-state index in [0.29, 0.717) is 15.9 Å². The third-order valence-electron chi connectivity index (χ3n) is 3.50. The van der Waals surface area contributed by atoms with E-state index in [1.54, 1.807) is 6.92 Å². The third kappa shape index (κ3) is 2.88. The van der Waals surface area contributed by atoms with Crippen LogP contribution in [0.25, 0.3) is 0 Å². The summed E-state index contributed by atoms with van der Waals surface area (Å²) in [4.78, 5) is 15.6. The molecule has 19 heavy (non-hydrogen) atoms. The van der Waals surface area contributed by atoms with Crippen LogP contribution in [0.5, 0.6) is 0 Å². The monoisotopic (exact) mass is 285 g/mol. The van der Waals surface area contributed by atoms with Gasteiger partial charge in [0.25, 0.3) is 0 Å². The molecule has 106 valence electrons. The first-order chi connectivity index (χ1) is 8.90. The molecule has 1 aliphatic rings. The number of hydrogen-bond donors (Lipinski definition) is 1. The van der Waals surface area contributed by atoms with Crippen LogP contribution >= 0.6 is 11.3 Å². The van der Waals surface area contributed by atoms with E-state index in [-0.39, 0.29) is 10.6 Å². The average molecular weight is 285 g/mol. The van der Waals surface area contributed by atoms with Crippen molar-refractivity contribution in [3.05, 3.63) is 21.1 Å². The molecule has 6 nitrogen and oxygen atoms in total. The van der Waals surface area contributed by atoms with Crippen molar-refractivity contribution in [3.63, 3.8) is 0 Å². The van der Waals surface area contributed by atoms with Crippen molar-refractivity contribution >= 4 is 22.0 Å². The predicted molar refractivity (Wildman–Crippen MR) is 75.9 cm³/mol. The molecular weight excluding hydrogens is 266 g/mol. The van der Waals surface area contributed by atoms with Crippen LogP contribution < -0.4 is 4.90 Å². The molecule has 0 aromatic carbocycles. The average Bonchev–Trinajstić information content (AvgIpc) is 2.95. The molecule has 1 aromatic rings. The van der Waals surface area contributed by atoms with Gasteiger partial charge in [-0.25, -0.2) is 0 Å². The van der Waals surface area contributed by atoms with Crippen molar-refractivity contribution in [1.29, 1.82) is 0 Å². The van der Waals surface area contributed by atoms with Gasteiger partial charge >= 0.3 is 5.69 Å². The molecule has 1 aromatic heterocycles. The Morgan fingerprint density at radius 1 is 1.63 bits per heavy atom. The molecular formula is C12H19N3O3S. The van der Waals surface area contributed by atoms with E-state index < -0.39 is 6.10 Å². The normalized spacial score (nSPS) is 21.1. The molecule has 1 saturated heterocycles. The number of aliphatic hydroxyl groups is 1. The van der Waals surface area contributed by atoms with Crippen LogP contribution in [0.15, 0.2) is 6.07 Å². The molecule has 0 saturated carbocycles. The zero-order valence-corrected chi connectivity index (χ0v) is 12.2. The van der Waals surface area contributed by atoms with Crippen molar-refractivity contribution < 1.29 is 10.0 Å². The van der Waals surface area contributed by atoms with Gasteiger partial charge in [-0.15, -0.1) is 11.3 Å². The fraction of sp³-hybridized carbons (Fsp3) is 0.667. The maximum Gasteiger partial charge on any atom is 0.304 e. The van der Waals surface area contributed by atoms with E-state index in [9.17, 15) is 15.2 Å². The van der Waals surface area contributed by atoms with Crippen molar-refractivity contribution in [1.82, 2.24) is 4.90 Å². The SMILES string of the molecule is C[C@H](O)c1cc([N+](=O)[O-])c(N2CCC(N(C)C)C2)s1. The molecule has 1 fully saturated rings. The highest BCUT2D eigenvalue weighted by atomic mass is 32.1. The van der Waals surface area contributed by atoms with Gasteiger partial charge in [-0.1, -0.05) is 0 Å². The van der Waals surface area contributed by atoms with Crippen molar-refractivity contribution in [3.8, 4) is 0 Å². The molecule has 0 bridgehead atoms. The number of nitro groups is 1. The number of thiophene rings is 1. The van der Waals surface area contributed by atoms with Crippen LogP contribution in [0.3, 0.4) is 0 Å². The van der Waals surface area contributed by atoms with Gasteiger partial charge in [0.05, 0.1) is 11.0 Å². The summed E-state index contributed by atoms with van der Waals surface area (Å²) in [6.07, 6.45) is 0.344. The topological polar surface area (TPSA) is 69.8 Å². The molecule has 0 aliphatic carbocycles. The van der Waals surface area contributed by atoms with Crippen molar-refractivity contribution in [2.24, 2.45) is 0 Å². The van der Waals surface area contributed by atoms with Crippen LogP contribution in [0.2, 0.25) is 0 Å². The van der Waals surface area contributed by atoms with Gasteiger partial charge in [0, 0.05) is 30.1 Å². The predicted octanol–water partition coefficient (Wildman–Crippen LogP) is 1.85. The first-order valence-electron chi connectivity index (χ1n) is 6.27. The summed E-state index contributed by atoms with van der Waals surface area (Å²) in [5, 5.41) is 21.4. The van der Waals surface area contributed by atoms with Crippen molar-refractivity contribution in [2.45, 2.75) is 25.5 Å². The Bertz CT molecular complexity index is 473. The molecule has 1 aliphatic heterocycles. The summed E-state index contributed by atoms with van der Waals surface area (Å²) >= 11 is 1.32. The number of likely N-dealkylation sites (N-methyl/N-ethyl adjacent to an activating group) is 1. The summed E-state index contributed by atoms with van der Waals surface area (Å²) in [5.74, 6) is 0. The maximum atomic E-state index is 11.1. The standard InChI is InChI=1S/C12H19N3O3S/c1-8(16)11-6-10(15(17)18)12(19-11)14-5-4-9(7-14)13(2)3/h6,8-9,16H,4-5,7H2,1-3H3/t8-,9?/m0/s1. The molecule has 2 heterocycles. The lowest BCUT2D eigenvalue weighted by molar-refractivity contribution is -0.383. The van der Waals surface area contributed by atoms with Crippen molar-refractivity contribution in [2.75, 3.05) is 32.1 Å². The van der Waals surface area contributed by atoms with E-state index in [4.69, 9.17) is 0 Å². The lowest BCUT2D eigenvalue weighted by atomic mass is 10.2. The summed E-state index contributed by atoms with van der Waals surface area (Å²) < 4.78 is 0. The number of nitrogens with zero attached hydrogens (tertiary/aromatic N) is 3. The van der Waals surface area contributed by atoms with Gasteiger partial charge in [-0.05, 0) is 27.4 Å². The van der Waals surface area contributed by atoms with E-state index in [0.717, 1.165) is 19.5 Å². The lowest BCUT2D eigenvalue weighted by Gasteiger charge is -2.20. The molecule has 0 spiro atoms. The summed E-state index contributed by atoms with van der Waals surface area (Å²) in [5.41, 5.74) is 0.111. The van der Waals surface area contributed by atoms with Gasteiger partial charge in [0.1, 0.15) is 0 Å². The number of aliphatic hydroxyl groups excluding tert-OH is 1. The summed E-state index contributed by atoms with van der Waals surface area (Å²) in [7, 11) is 4.05. The largest absolute Gasteiger partial charge is 0.388 e. The summed E-state index contributed by atoms with van der Waals surface area (Å²) in [6, 6.07) is 1.92. The number of anilines is 1. The fourth-order valence-electron chi connectivity index (χ4n) is 2.30. The highest BCUT2D eigenvalue weighted by Crippen LogP contribution is 2.41. The zero-order chi connectivity index (χ0) is 14.2. The van der Waals surface area contributed by atoms with E-state index in [2.05, 4.69) is 9.80 Å². The van der Waals surface area contributed by atoms with E-state index in [1.165, 1.54) is 17.4 Å². The fourth-order valence-corrected chi connectivity index (χ4v) is 3.40. The van der Waals surface area contributed by atoms with Crippen LogP contribution in [-0.2, 0) is 0 Å². The number of hydrogen-bond acceptors (Lipinski definition) is 6. The van der Waals surface area contributed by atoms with Crippen LogP contribution in [0, 0.1) is 10.1 Å². The van der Waals surface area contributed by atoms with Gasteiger partial charge in [0.2, 0.25) is 0 Å². The second kappa shape index (κ2) is 5.44. The van der Waals surface area contributed by atoms with Gasteiger partial charge in [0.15, 0.2) is 5.00 Å². The highest BCUT2D eigenvalue weighted by molar-refractivity contribution is 7.16. The van der Waals surface area contributed by atoms with Gasteiger partial charge in [-0.3, -0.25) is 10.1 Å². The Hall–Kier alpha value is -1.18. The summed E-state index contributed by atoms with van der Waals surface area (Å²) in [6.45, 7) is 3.25. The molecule has 2 atom stereocenters. The van der Waals surface area contributed by atoms with E-state index in [1.807, 2.05) is 14.1 Å². The zero-order valence-electron chi connectivity index (χ0n) is 11.4. The Morgan fingerprint density at radius 2 is 2.32 bits per heavy atom. The first-order valence-corrected chi connectivity index (χ1v) is 7.09. The highest BCUT2D eigenvalue weighted by Gasteiger charge is 2.31. The molecule has 2 rings (SSSR count). The second-order valence-corrected chi connectivity index (χ2v) is 6.19. The molecule has 7 heteroatoms. The van der Waals surface area contributed by atoms with Gasteiger partial charge < -0.3 is 14.9 Å². The maximum absolute atomic E-state index is 11.1.